The fourth-order valence-corrected chi connectivity index (χ4v) is 3.40. The second kappa shape index (κ2) is 8.91. The Hall–Kier alpha value is 0.750. The molecule has 0 spiro atoms. The van der Waals surface area contributed by atoms with Crippen LogP contribution in [0.25, 0.3) is 0 Å². The number of rotatable bonds is 7. The molecule has 0 aromatic rings. The molecule has 0 radical (unpaired) electrons. The first-order chi connectivity index (χ1) is 8.95. The van der Waals surface area contributed by atoms with Crippen molar-refractivity contribution in [1.82, 2.24) is 0 Å². The number of aliphatic hydroxyl groups excluding tert-OH is 1. The Kier molecular flexibility index (Phi) is 8.35. The van der Waals surface area contributed by atoms with Crippen LogP contribution in [0.5, 0.6) is 0 Å². The standard InChI is InChI=1S/C13H23Cl3O3/c1-18-6-2-3-7-19-9-10-8-11(17)4-5-12(10)13(14,15)16/h10-12,17H,2-9H2,1H3. The molecule has 0 saturated heterocycles. The second-order valence-electron chi connectivity index (χ2n) is 5.15. The quantitative estimate of drug-likeness (QED) is 0.572. The van der Waals surface area contributed by atoms with Gasteiger partial charge in [0.2, 0.25) is 0 Å². The zero-order chi connectivity index (χ0) is 14.3. The Morgan fingerprint density at radius 2 is 1.84 bits per heavy atom. The second-order valence-corrected chi connectivity index (χ2v) is 7.52. The number of hydrogen-bond donors (Lipinski definition) is 1. The van der Waals surface area contributed by atoms with Gasteiger partial charge in [0.25, 0.3) is 0 Å². The Balaban J connectivity index is 2.30. The highest BCUT2D eigenvalue weighted by atomic mass is 35.6. The lowest BCUT2D eigenvalue weighted by molar-refractivity contribution is 0.0110. The highest BCUT2D eigenvalue weighted by molar-refractivity contribution is 6.67. The van der Waals surface area contributed by atoms with Crippen LogP contribution in [0.3, 0.4) is 0 Å². The Bertz CT molecular complexity index is 246. The van der Waals surface area contributed by atoms with E-state index in [-0.39, 0.29) is 17.9 Å². The highest BCUT2D eigenvalue weighted by Crippen LogP contribution is 2.46. The molecule has 1 saturated carbocycles. The SMILES string of the molecule is COCCCCOCC1CC(O)CCC1C(Cl)(Cl)Cl. The van der Waals surface area contributed by atoms with Crippen molar-refractivity contribution in [3.8, 4) is 0 Å². The van der Waals surface area contributed by atoms with Crippen LogP contribution in [-0.2, 0) is 9.47 Å². The number of halogens is 3. The summed E-state index contributed by atoms with van der Waals surface area (Å²) in [6.45, 7) is 1.98. The first kappa shape index (κ1) is 17.8. The van der Waals surface area contributed by atoms with Gasteiger partial charge in [-0.2, -0.15) is 0 Å². The third kappa shape index (κ3) is 6.83. The molecule has 0 aromatic carbocycles. The first-order valence-electron chi connectivity index (χ1n) is 6.76. The van der Waals surface area contributed by atoms with Gasteiger partial charge >= 0.3 is 0 Å². The first-order valence-corrected chi connectivity index (χ1v) is 7.90. The molecule has 0 heterocycles. The van der Waals surface area contributed by atoms with Crippen molar-refractivity contribution in [3.63, 3.8) is 0 Å². The molecule has 19 heavy (non-hydrogen) atoms. The molecule has 114 valence electrons. The Morgan fingerprint density at radius 1 is 1.16 bits per heavy atom. The van der Waals surface area contributed by atoms with Crippen LogP contribution in [0, 0.1) is 11.8 Å². The van der Waals surface area contributed by atoms with Gasteiger partial charge in [-0.25, -0.2) is 0 Å². The zero-order valence-electron chi connectivity index (χ0n) is 11.3. The van der Waals surface area contributed by atoms with Crippen molar-refractivity contribution in [2.24, 2.45) is 11.8 Å². The highest BCUT2D eigenvalue weighted by Gasteiger charge is 2.41. The fraction of sp³-hybridized carbons (Fsp3) is 1.00. The Morgan fingerprint density at radius 3 is 2.47 bits per heavy atom. The molecule has 1 fully saturated rings. The number of ether oxygens (including phenoxy) is 2. The van der Waals surface area contributed by atoms with E-state index >= 15 is 0 Å². The minimum atomic E-state index is -1.27. The molecule has 0 bridgehead atoms. The number of unbranched alkanes of at least 4 members (excludes halogenated alkanes) is 1. The third-order valence-electron chi connectivity index (χ3n) is 3.59. The van der Waals surface area contributed by atoms with Crippen LogP contribution in [-0.4, -0.2) is 41.9 Å². The molecule has 0 aliphatic heterocycles. The van der Waals surface area contributed by atoms with Crippen LogP contribution >= 0.6 is 34.8 Å². The number of aliphatic hydroxyl groups is 1. The maximum atomic E-state index is 9.73. The lowest BCUT2D eigenvalue weighted by atomic mass is 9.79. The summed E-state index contributed by atoms with van der Waals surface area (Å²) < 4.78 is 9.35. The summed E-state index contributed by atoms with van der Waals surface area (Å²) in [5, 5.41) is 9.73. The van der Waals surface area contributed by atoms with Crippen LogP contribution in [0.1, 0.15) is 32.1 Å². The van der Waals surface area contributed by atoms with Gasteiger partial charge in [0.15, 0.2) is 3.79 Å². The predicted molar refractivity (Wildman–Crippen MR) is 79.1 cm³/mol. The monoisotopic (exact) mass is 332 g/mol. The van der Waals surface area contributed by atoms with Crippen LogP contribution < -0.4 is 0 Å². The summed E-state index contributed by atoms with van der Waals surface area (Å²) in [7, 11) is 1.69. The summed E-state index contributed by atoms with van der Waals surface area (Å²) in [6, 6.07) is 0. The lowest BCUT2D eigenvalue weighted by Gasteiger charge is -2.37. The van der Waals surface area contributed by atoms with E-state index in [2.05, 4.69) is 0 Å². The molecule has 6 heteroatoms. The minimum Gasteiger partial charge on any atom is -0.393 e. The van der Waals surface area contributed by atoms with Crippen molar-refractivity contribution in [2.75, 3.05) is 26.9 Å². The fourth-order valence-electron chi connectivity index (χ4n) is 2.54. The van der Waals surface area contributed by atoms with Crippen LogP contribution in [0.15, 0.2) is 0 Å². The number of alkyl halides is 3. The van der Waals surface area contributed by atoms with E-state index in [0.717, 1.165) is 25.9 Å². The van der Waals surface area contributed by atoms with E-state index < -0.39 is 3.79 Å². The molecular formula is C13H23Cl3O3. The summed E-state index contributed by atoms with van der Waals surface area (Å²) in [5.74, 6) is 0.0681. The van der Waals surface area contributed by atoms with Crippen LogP contribution in [0.4, 0.5) is 0 Å². The molecular weight excluding hydrogens is 310 g/mol. The molecule has 3 nitrogen and oxygen atoms in total. The predicted octanol–water partition coefficient (Wildman–Crippen LogP) is 3.58. The number of hydrogen-bond acceptors (Lipinski definition) is 3. The summed E-state index contributed by atoms with van der Waals surface area (Å²) in [6.07, 6.45) is 3.72. The average Bonchev–Trinajstić information content (AvgIpc) is 2.32. The lowest BCUT2D eigenvalue weighted by Crippen LogP contribution is -2.37. The van der Waals surface area contributed by atoms with Gasteiger partial charge in [0.05, 0.1) is 6.10 Å². The van der Waals surface area contributed by atoms with Crippen molar-refractivity contribution in [3.05, 3.63) is 0 Å². The number of methoxy groups -OCH3 is 1. The molecule has 1 aliphatic rings. The summed E-state index contributed by atoms with van der Waals surface area (Å²) >= 11 is 18.0. The van der Waals surface area contributed by atoms with Crippen molar-refractivity contribution in [1.29, 1.82) is 0 Å². The van der Waals surface area contributed by atoms with E-state index in [1.807, 2.05) is 0 Å². The maximum absolute atomic E-state index is 9.73. The molecule has 1 rings (SSSR count). The van der Waals surface area contributed by atoms with Gasteiger partial charge < -0.3 is 14.6 Å². The van der Waals surface area contributed by atoms with E-state index in [0.29, 0.717) is 26.1 Å². The normalized spacial score (nSPS) is 28.6. The van der Waals surface area contributed by atoms with Crippen molar-refractivity contribution >= 4 is 34.8 Å². The smallest absolute Gasteiger partial charge is 0.193 e. The van der Waals surface area contributed by atoms with Crippen LogP contribution in [0.2, 0.25) is 0 Å². The van der Waals surface area contributed by atoms with E-state index in [9.17, 15) is 5.11 Å². The van der Waals surface area contributed by atoms with E-state index in [4.69, 9.17) is 44.3 Å². The molecule has 3 unspecified atom stereocenters. The third-order valence-corrected chi connectivity index (χ3v) is 4.44. The van der Waals surface area contributed by atoms with Gasteiger partial charge in [-0.15, -0.1) is 0 Å². The van der Waals surface area contributed by atoms with E-state index in [1.165, 1.54) is 0 Å². The average molecular weight is 334 g/mol. The van der Waals surface area contributed by atoms with Gasteiger partial charge in [0.1, 0.15) is 0 Å². The van der Waals surface area contributed by atoms with Gasteiger partial charge in [-0.05, 0) is 38.0 Å². The van der Waals surface area contributed by atoms with Gasteiger partial charge in [-0.3, -0.25) is 0 Å². The molecule has 1 aliphatic carbocycles. The minimum absolute atomic E-state index is 0.0418. The zero-order valence-corrected chi connectivity index (χ0v) is 13.6. The maximum Gasteiger partial charge on any atom is 0.193 e. The van der Waals surface area contributed by atoms with Gasteiger partial charge in [-0.1, -0.05) is 34.8 Å². The van der Waals surface area contributed by atoms with E-state index in [1.54, 1.807) is 7.11 Å². The summed E-state index contributed by atoms with van der Waals surface area (Å²) in [5.41, 5.74) is 0. The molecule has 0 aromatic heterocycles. The summed E-state index contributed by atoms with van der Waals surface area (Å²) in [4.78, 5) is 0. The topological polar surface area (TPSA) is 38.7 Å². The van der Waals surface area contributed by atoms with Crippen molar-refractivity contribution in [2.45, 2.75) is 42.0 Å². The molecule has 0 amide bonds. The van der Waals surface area contributed by atoms with Crippen molar-refractivity contribution < 1.29 is 14.6 Å². The Labute approximate surface area is 130 Å². The largest absolute Gasteiger partial charge is 0.393 e. The molecule has 3 atom stereocenters. The molecule has 1 N–H and O–H groups in total. The van der Waals surface area contributed by atoms with Gasteiger partial charge in [0, 0.05) is 32.8 Å².